The number of rotatable bonds is 2. The maximum Gasteiger partial charge on any atom is 0.196 e. The topological polar surface area (TPSA) is 45.8 Å². The zero-order valence-corrected chi connectivity index (χ0v) is 10.0. The molecule has 0 atom stereocenters. The minimum atomic E-state index is -0.0726. The predicted molar refractivity (Wildman–Crippen MR) is 69.8 cm³/mol. The molecule has 1 N–H and O–H groups in total. The highest BCUT2D eigenvalue weighted by Gasteiger charge is 2.13. The van der Waals surface area contributed by atoms with Gasteiger partial charge in [-0.2, -0.15) is 0 Å². The molecule has 2 heterocycles. The van der Waals surface area contributed by atoms with Crippen molar-refractivity contribution in [1.29, 1.82) is 0 Å². The van der Waals surface area contributed by atoms with Gasteiger partial charge in [-0.1, -0.05) is 23.7 Å². The number of nitrogens with one attached hydrogen (secondary N) is 1. The lowest BCUT2D eigenvalue weighted by Gasteiger charge is -1.99. The molecule has 3 rings (SSSR count). The van der Waals surface area contributed by atoms with Crippen molar-refractivity contribution in [2.24, 2.45) is 0 Å². The van der Waals surface area contributed by atoms with E-state index < -0.39 is 0 Å². The number of carbonyl (C=O) groups excluding carboxylic acids is 1. The van der Waals surface area contributed by atoms with Crippen LogP contribution in [0.25, 0.3) is 10.9 Å². The van der Waals surface area contributed by atoms with Gasteiger partial charge in [-0.15, -0.1) is 0 Å². The largest absolute Gasteiger partial charge is 0.360 e. The molecule has 1 aromatic carbocycles. The Kier molecular flexibility index (Phi) is 2.61. The first-order valence-corrected chi connectivity index (χ1v) is 5.77. The number of halogens is 1. The SMILES string of the molecule is O=C(c1ccc(Cl)nc1)c1c[nH]c2c[c]ccc12. The van der Waals surface area contributed by atoms with E-state index in [-0.39, 0.29) is 5.78 Å². The lowest BCUT2D eigenvalue weighted by Crippen LogP contribution is -2.00. The molecule has 2 aromatic heterocycles. The summed E-state index contributed by atoms with van der Waals surface area (Å²) >= 11 is 5.70. The molecule has 4 heteroatoms. The molecule has 0 aliphatic carbocycles. The van der Waals surface area contributed by atoms with Crippen LogP contribution in [-0.2, 0) is 0 Å². The Hall–Kier alpha value is -2.13. The van der Waals surface area contributed by atoms with Gasteiger partial charge in [0, 0.05) is 34.4 Å². The van der Waals surface area contributed by atoms with Crippen LogP contribution in [0.3, 0.4) is 0 Å². The second kappa shape index (κ2) is 4.27. The molecule has 0 aliphatic rings. The van der Waals surface area contributed by atoms with Crippen LogP contribution in [0.15, 0.2) is 42.7 Å². The fraction of sp³-hybridized carbons (Fsp3) is 0. The molecule has 0 amide bonds. The summed E-state index contributed by atoms with van der Waals surface area (Å²) in [6, 6.07) is 11.7. The van der Waals surface area contributed by atoms with Crippen molar-refractivity contribution in [2.45, 2.75) is 0 Å². The van der Waals surface area contributed by atoms with Crippen molar-refractivity contribution >= 4 is 28.3 Å². The minimum Gasteiger partial charge on any atom is -0.360 e. The molecule has 18 heavy (non-hydrogen) atoms. The highest BCUT2D eigenvalue weighted by Crippen LogP contribution is 2.20. The van der Waals surface area contributed by atoms with Crippen molar-refractivity contribution < 1.29 is 4.79 Å². The van der Waals surface area contributed by atoms with Crippen LogP contribution >= 0.6 is 11.6 Å². The third-order valence-corrected chi connectivity index (χ3v) is 2.98. The summed E-state index contributed by atoms with van der Waals surface area (Å²) in [5.41, 5.74) is 2.04. The third kappa shape index (κ3) is 1.79. The van der Waals surface area contributed by atoms with E-state index in [4.69, 9.17) is 11.6 Å². The Morgan fingerprint density at radius 2 is 2.22 bits per heavy atom. The van der Waals surface area contributed by atoms with Gasteiger partial charge in [0.15, 0.2) is 5.78 Å². The Bertz CT molecular complexity index is 716. The van der Waals surface area contributed by atoms with Gasteiger partial charge in [0.1, 0.15) is 5.15 Å². The number of benzene rings is 1. The second-order valence-corrected chi connectivity index (χ2v) is 4.26. The smallest absolute Gasteiger partial charge is 0.196 e. The number of H-pyrrole nitrogens is 1. The first kappa shape index (κ1) is 11.0. The average molecular weight is 256 g/mol. The highest BCUT2D eigenvalue weighted by molar-refractivity contribution is 6.29. The molecular formula is C14H8ClN2O. The van der Waals surface area contributed by atoms with Gasteiger partial charge in [0.2, 0.25) is 0 Å². The summed E-state index contributed by atoms with van der Waals surface area (Å²) in [6.07, 6.45) is 3.19. The normalized spacial score (nSPS) is 10.7. The van der Waals surface area contributed by atoms with Crippen LogP contribution < -0.4 is 0 Å². The van der Waals surface area contributed by atoms with Gasteiger partial charge in [-0.25, -0.2) is 4.98 Å². The molecular weight excluding hydrogens is 248 g/mol. The van der Waals surface area contributed by atoms with Crippen molar-refractivity contribution in [3.8, 4) is 0 Å². The Balaban J connectivity index is 2.09. The van der Waals surface area contributed by atoms with Gasteiger partial charge >= 0.3 is 0 Å². The number of aromatic nitrogens is 2. The van der Waals surface area contributed by atoms with E-state index in [0.717, 1.165) is 10.9 Å². The highest BCUT2D eigenvalue weighted by atomic mass is 35.5. The van der Waals surface area contributed by atoms with Gasteiger partial charge in [-0.3, -0.25) is 4.79 Å². The number of hydrogen-bond acceptors (Lipinski definition) is 2. The van der Waals surface area contributed by atoms with Crippen LogP contribution in [0.5, 0.6) is 0 Å². The minimum absolute atomic E-state index is 0.0726. The number of fused-ring (bicyclic) bond motifs is 1. The monoisotopic (exact) mass is 255 g/mol. The number of hydrogen-bond donors (Lipinski definition) is 1. The van der Waals surface area contributed by atoms with Crippen molar-refractivity contribution in [1.82, 2.24) is 9.97 Å². The lowest BCUT2D eigenvalue weighted by atomic mass is 10.0. The van der Waals surface area contributed by atoms with Crippen molar-refractivity contribution in [2.75, 3.05) is 0 Å². The number of carbonyl (C=O) groups is 1. The van der Waals surface area contributed by atoms with Crippen LogP contribution in [0.2, 0.25) is 5.15 Å². The van der Waals surface area contributed by atoms with Gasteiger partial charge in [-0.05, 0) is 24.3 Å². The first-order chi connectivity index (χ1) is 8.75. The zero-order chi connectivity index (χ0) is 12.5. The van der Waals surface area contributed by atoms with E-state index in [0.29, 0.717) is 16.3 Å². The van der Waals surface area contributed by atoms with E-state index in [1.807, 2.05) is 12.1 Å². The van der Waals surface area contributed by atoms with E-state index in [2.05, 4.69) is 16.0 Å². The zero-order valence-electron chi connectivity index (χ0n) is 9.27. The van der Waals surface area contributed by atoms with Crippen LogP contribution in [0.1, 0.15) is 15.9 Å². The molecule has 0 aliphatic heterocycles. The number of nitrogens with zero attached hydrogens (tertiary/aromatic N) is 1. The van der Waals surface area contributed by atoms with Crippen LogP contribution in [0, 0.1) is 6.07 Å². The van der Waals surface area contributed by atoms with E-state index in [9.17, 15) is 4.79 Å². The van der Waals surface area contributed by atoms with Crippen LogP contribution in [0.4, 0.5) is 0 Å². The quantitative estimate of drug-likeness (QED) is 0.564. The van der Waals surface area contributed by atoms with Gasteiger partial charge < -0.3 is 4.98 Å². The van der Waals surface area contributed by atoms with E-state index >= 15 is 0 Å². The molecule has 0 saturated carbocycles. The Labute approximate surface area is 108 Å². The number of aromatic amines is 1. The molecule has 3 nitrogen and oxygen atoms in total. The maximum absolute atomic E-state index is 12.3. The number of pyridine rings is 1. The lowest BCUT2D eigenvalue weighted by molar-refractivity contribution is 0.104. The molecule has 0 fully saturated rings. The van der Waals surface area contributed by atoms with E-state index in [1.165, 1.54) is 6.20 Å². The summed E-state index contributed by atoms with van der Waals surface area (Å²) in [4.78, 5) is 19.3. The predicted octanol–water partition coefficient (Wildman–Crippen LogP) is 3.25. The number of ketones is 1. The molecule has 0 unspecified atom stereocenters. The molecule has 0 bridgehead atoms. The molecule has 3 aromatic rings. The summed E-state index contributed by atoms with van der Waals surface area (Å²) < 4.78 is 0. The van der Waals surface area contributed by atoms with E-state index in [1.54, 1.807) is 24.4 Å². The molecule has 0 saturated heterocycles. The molecule has 0 spiro atoms. The summed E-state index contributed by atoms with van der Waals surface area (Å²) in [5.74, 6) is -0.0726. The fourth-order valence-corrected chi connectivity index (χ4v) is 1.98. The van der Waals surface area contributed by atoms with Crippen molar-refractivity contribution in [3.05, 3.63) is 65.1 Å². The van der Waals surface area contributed by atoms with Gasteiger partial charge in [0.25, 0.3) is 0 Å². The molecule has 1 radical (unpaired) electrons. The fourth-order valence-electron chi connectivity index (χ4n) is 1.87. The third-order valence-electron chi connectivity index (χ3n) is 2.76. The average Bonchev–Trinajstić information content (AvgIpc) is 2.82. The van der Waals surface area contributed by atoms with Gasteiger partial charge in [0.05, 0.1) is 0 Å². The summed E-state index contributed by atoms with van der Waals surface area (Å²) in [6.45, 7) is 0. The second-order valence-electron chi connectivity index (χ2n) is 3.87. The summed E-state index contributed by atoms with van der Waals surface area (Å²) in [5, 5.41) is 1.26. The molecule has 87 valence electrons. The Morgan fingerprint density at radius 1 is 1.33 bits per heavy atom. The maximum atomic E-state index is 12.3. The van der Waals surface area contributed by atoms with Crippen molar-refractivity contribution in [3.63, 3.8) is 0 Å². The Morgan fingerprint density at radius 3 is 3.00 bits per heavy atom. The summed E-state index contributed by atoms with van der Waals surface area (Å²) in [7, 11) is 0. The first-order valence-electron chi connectivity index (χ1n) is 5.39. The van der Waals surface area contributed by atoms with Crippen LogP contribution in [-0.4, -0.2) is 15.8 Å². The standard InChI is InChI=1S/C14H8ClN2O/c15-13-6-5-9(7-17-13)14(18)11-8-16-12-4-2-1-3-10(11)12/h1,3-8,16H.